The fourth-order valence-corrected chi connectivity index (χ4v) is 2.36. The molecule has 0 aliphatic rings. The number of unbranched alkanes of at least 4 members (excludes halogenated alkanes) is 2. The predicted octanol–water partition coefficient (Wildman–Crippen LogP) is 4.45. The average molecular weight is 269 g/mol. The van der Waals surface area contributed by atoms with Crippen LogP contribution in [0, 0.1) is 11.6 Å². The minimum Gasteiger partial charge on any atom is -0.311 e. The molecule has 3 heteroatoms. The highest BCUT2D eigenvalue weighted by atomic mass is 19.1. The van der Waals surface area contributed by atoms with Gasteiger partial charge in [-0.2, -0.15) is 0 Å². The van der Waals surface area contributed by atoms with Gasteiger partial charge < -0.3 is 5.32 Å². The molecule has 1 aromatic rings. The molecule has 0 saturated carbocycles. The molecule has 2 atom stereocenters. The van der Waals surface area contributed by atoms with Gasteiger partial charge in [0, 0.05) is 17.6 Å². The first kappa shape index (κ1) is 16.1. The number of halogens is 2. The van der Waals surface area contributed by atoms with E-state index in [1.54, 1.807) is 0 Å². The third-order valence-electron chi connectivity index (χ3n) is 3.38. The third-order valence-corrected chi connectivity index (χ3v) is 3.38. The molecule has 19 heavy (non-hydrogen) atoms. The first-order valence-corrected chi connectivity index (χ1v) is 7.23. The zero-order valence-corrected chi connectivity index (χ0v) is 12.2. The third kappa shape index (κ3) is 5.68. The maximum atomic E-state index is 13.5. The molecule has 0 aliphatic carbocycles. The van der Waals surface area contributed by atoms with E-state index < -0.39 is 11.6 Å². The number of benzene rings is 1. The lowest BCUT2D eigenvalue weighted by Crippen LogP contribution is -2.36. The molecule has 0 heterocycles. The maximum absolute atomic E-state index is 13.5. The molecule has 0 spiro atoms. The lowest BCUT2D eigenvalue weighted by Gasteiger charge is -2.20. The zero-order valence-electron chi connectivity index (χ0n) is 12.2. The second kappa shape index (κ2) is 8.26. The summed E-state index contributed by atoms with van der Waals surface area (Å²) >= 11 is 0. The molecule has 1 rings (SSSR count). The van der Waals surface area contributed by atoms with Crippen LogP contribution in [0.25, 0.3) is 0 Å². The molecule has 2 unspecified atom stereocenters. The summed E-state index contributed by atoms with van der Waals surface area (Å²) in [5, 5.41) is 3.41. The van der Waals surface area contributed by atoms with Gasteiger partial charge >= 0.3 is 0 Å². The topological polar surface area (TPSA) is 12.0 Å². The van der Waals surface area contributed by atoms with Crippen molar-refractivity contribution < 1.29 is 8.78 Å². The van der Waals surface area contributed by atoms with Crippen LogP contribution in [-0.4, -0.2) is 12.1 Å². The van der Waals surface area contributed by atoms with Crippen LogP contribution in [0.2, 0.25) is 0 Å². The monoisotopic (exact) mass is 269 g/mol. The number of hydrogen-bond donors (Lipinski definition) is 1. The van der Waals surface area contributed by atoms with Crippen LogP contribution in [0.4, 0.5) is 8.78 Å². The summed E-state index contributed by atoms with van der Waals surface area (Å²) in [6, 6.07) is 4.49. The molecule has 0 aliphatic heterocycles. The molecule has 0 aromatic heterocycles. The molecular weight excluding hydrogens is 244 g/mol. The zero-order chi connectivity index (χ0) is 14.3. The van der Waals surface area contributed by atoms with E-state index in [4.69, 9.17) is 0 Å². The summed E-state index contributed by atoms with van der Waals surface area (Å²) in [6.07, 6.45) is 5.14. The highest BCUT2D eigenvalue weighted by Crippen LogP contribution is 2.14. The van der Waals surface area contributed by atoms with Gasteiger partial charge in [-0.05, 0) is 38.8 Å². The summed E-state index contributed by atoms with van der Waals surface area (Å²) in [4.78, 5) is 0. The van der Waals surface area contributed by atoms with Gasteiger partial charge in [0.15, 0.2) is 0 Å². The van der Waals surface area contributed by atoms with Crippen molar-refractivity contribution in [2.75, 3.05) is 0 Å². The van der Waals surface area contributed by atoms with Crippen molar-refractivity contribution in [1.29, 1.82) is 0 Å². The van der Waals surface area contributed by atoms with Crippen molar-refractivity contribution in [2.45, 2.75) is 65.0 Å². The van der Waals surface area contributed by atoms with Gasteiger partial charge in [0.05, 0.1) is 0 Å². The van der Waals surface area contributed by atoms with Crippen LogP contribution in [0.1, 0.15) is 52.0 Å². The molecule has 0 bridgehead atoms. The van der Waals surface area contributed by atoms with E-state index >= 15 is 0 Å². The van der Waals surface area contributed by atoms with Gasteiger partial charge in [-0.15, -0.1) is 0 Å². The normalized spacial score (nSPS) is 14.4. The van der Waals surface area contributed by atoms with E-state index in [0.717, 1.165) is 6.42 Å². The molecule has 1 aromatic carbocycles. The second-order valence-corrected chi connectivity index (χ2v) is 5.37. The molecule has 108 valence electrons. The molecule has 0 saturated heterocycles. The largest absolute Gasteiger partial charge is 0.311 e. The van der Waals surface area contributed by atoms with Crippen molar-refractivity contribution in [3.63, 3.8) is 0 Å². The summed E-state index contributed by atoms with van der Waals surface area (Å²) in [5.41, 5.74) is 0.184. The Labute approximate surface area is 115 Å². The summed E-state index contributed by atoms with van der Waals surface area (Å²) in [6.45, 7) is 6.29. The van der Waals surface area contributed by atoms with E-state index in [2.05, 4.69) is 19.2 Å². The lowest BCUT2D eigenvalue weighted by atomic mass is 10.0. The smallest absolute Gasteiger partial charge is 0.129 e. The fourth-order valence-electron chi connectivity index (χ4n) is 2.36. The highest BCUT2D eigenvalue weighted by molar-refractivity contribution is 5.20. The Bertz CT molecular complexity index is 359. The van der Waals surface area contributed by atoms with Gasteiger partial charge in [-0.25, -0.2) is 8.78 Å². The molecule has 0 amide bonds. The van der Waals surface area contributed by atoms with E-state index in [1.807, 2.05) is 6.92 Å². The van der Waals surface area contributed by atoms with Crippen molar-refractivity contribution in [2.24, 2.45) is 0 Å². The summed E-state index contributed by atoms with van der Waals surface area (Å²) in [5.74, 6) is -0.903. The van der Waals surface area contributed by atoms with Gasteiger partial charge in [-0.3, -0.25) is 0 Å². The van der Waals surface area contributed by atoms with Crippen LogP contribution in [0.5, 0.6) is 0 Å². The van der Waals surface area contributed by atoms with Gasteiger partial charge in [0.2, 0.25) is 0 Å². The minimum atomic E-state index is -0.452. The summed E-state index contributed by atoms with van der Waals surface area (Å²) in [7, 11) is 0. The Morgan fingerprint density at radius 1 is 1.05 bits per heavy atom. The van der Waals surface area contributed by atoms with Crippen molar-refractivity contribution in [3.8, 4) is 0 Å². The van der Waals surface area contributed by atoms with Crippen LogP contribution < -0.4 is 5.32 Å². The van der Waals surface area contributed by atoms with Crippen LogP contribution in [0.15, 0.2) is 18.2 Å². The standard InChI is InChI=1S/C16H25F2N/c1-4-5-6-8-12(2)19-13(3)11-14-15(17)9-7-10-16(14)18/h7,9-10,12-13,19H,4-6,8,11H2,1-3H3. The Morgan fingerprint density at radius 3 is 2.26 bits per heavy atom. The van der Waals surface area contributed by atoms with Gasteiger partial charge in [0.1, 0.15) is 11.6 Å². The van der Waals surface area contributed by atoms with Crippen LogP contribution in [-0.2, 0) is 6.42 Å². The molecule has 1 nitrogen and oxygen atoms in total. The lowest BCUT2D eigenvalue weighted by molar-refractivity contribution is 0.420. The maximum Gasteiger partial charge on any atom is 0.129 e. The number of rotatable bonds is 8. The minimum absolute atomic E-state index is 0.0722. The van der Waals surface area contributed by atoms with E-state index in [9.17, 15) is 8.78 Å². The Kier molecular flexibility index (Phi) is 7.00. The van der Waals surface area contributed by atoms with Crippen LogP contribution in [0.3, 0.4) is 0 Å². The average Bonchev–Trinajstić information content (AvgIpc) is 2.34. The number of nitrogens with one attached hydrogen (secondary N) is 1. The van der Waals surface area contributed by atoms with Gasteiger partial charge in [-0.1, -0.05) is 32.3 Å². The Balaban J connectivity index is 2.44. The Hall–Kier alpha value is -0.960. The fraction of sp³-hybridized carbons (Fsp3) is 0.625. The van der Waals surface area contributed by atoms with E-state index in [1.165, 1.54) is 37.5 Å². The number of hydrogen-bond acceptors (Lipinski definition) is 1. The predicted molar refractivity (Wildman–Crippen MR) is 76.3 cm³/mol. The quantitative estimate of drug-likeness (QED) is 0.687. The highest BCUT2D eigenvalue weighted by Gasteiger charge is 2.13. The first-order chi connectivity index (χ1) is 9.04. The van der Waals surface area contributed by atoms with Gasteiger partial charge in [0.25, 0.3) is 0 Å². The van der Waals surface area contributed by atoms with Crippen molar-refractivity contribution in [3.05, 3.63) is 35.4 Å². The van der Waals surface area contributed by atoms with Crippen LogP contribution >= 0.6 is 0 Å². The SMILES string of the molecule is CCCCCC(C)NC(C)Cc1c(F)cccc1F. The molecule has 0 fully saturated rings. The molecule has 0 radical (unpaired) electrons. The Morgan fingerprint density at radius 2 is 1.68 bits per heavy atom. The summed E-state index contributed by atoms with van der Waals surface area (Å²) < 4.78 is 27.1. The molecule has 1 N–H and O–H groups in total. The van der Waals surface area contributed by atoms with Crippen molar-refractivity contribution in [1.82, 2.24) is 5.32 Å². The first-order valence-electron chi connectivity index (χ1n) is 7.23. The van der Waals surface area contributed by atoms with E-state index in [-0.39, 0.29) is 11.6 Å². The molecular formula is C16H25F2N. The van der Waals surface area contributed by atoms with Crippen molar-refractivity contribution >= 4 is 0 Å². The second-order valence-electron chi connectivity index (χ2n) is 5.37. The van der Waals surface area contributed by atoms with E-state index in [0.29, 0.717) is 12.5 Å².